The summed E-state index contributed by atoms with van der Waals surface area (Å²) in [6.45, 7) is 0.144. The summed E-state index contributed by atoms with van der Waals surface area (Å²) in [4.78, 5) is 0. The normalized spacial score (nSPS) is 11.7. The van der Waals surface area contributed by atoms with Crippen LogP contribution in [-0.4, -0.2) is 21.7 Å². The fraction of sp³-hybridized carbons (Fsp3) is 0.357. The molecule has 1 aromatic heterocycles. The molecule has 9 heteroatoms. The van der Waals surface area contributed by atoms with Crippen LogP contribution in [0, 0.1) is 0 Å². The Hall–Kier alpha value is -0.920. The van der Waals surface area contributed by atoms with Crippen LogP contribution in [0.1, 0.15) is 18.4 Å². The van der Waals surface area contributed by atoms with Crippen LogP contribution in [0.15, 0.2) is 24.4 Å². The average Bonchev–Trinajstić information content (AvgIpc) is 2.87. The molecule has 0 aliphatic carbocycles. The Bertz CT molecular complexity index is 677. The summed E-state index contributed by atoms with van der Waals surface area (Å²) in [6.07, 6.45) is -2.44. The second-order valence-corrected chi connectivity index (χ2v) is 6.25. The van der Waals surface area contributed by atoms with Crippen LogP contribution in [0.25, 0.3) is 5.69 Å². The van der Waals surface area contributed by atoms with Crippen molar-refractivity contribution in [1.29, 1.82) is 0 Å². The monoisotopic (exact) mass is 430 g/mol. The maximum Gasteiger partial charge on any atom is 0.423 e. The van der Waals surface area contributed by atoms with Crippen molar-refractivity contribution in [1.82, 2.24) is 9.78 Å². The summed E-state index contributed by atoms with van der Waals surface area (Å²) in [5, 5.41) is 5.09. The van der Waals surface area contributed by atoms with Gasteiger partial charge in [-0.25, -0.2) is 0 Å². The molecule has 0 aliphatic rings. The number of unbranched alkanes of at least 4 members (excludes halogenated alkanes) is 1. The van der Waals surface area contributed by atoms with Gasteiger partial charge in [0.25, 0.3) is 0 Å². The Morgan fingerprint density at radius 3 is 2.57 bits per heavy atom. The first-order valence-electron chi connectivity index (χ1n) is 6.64. The number of benzene rings is 1. The first-order chi connectivity index (χ1) is 10.8. The quantitative estimate of drug-likeness (QED) is 0.430. The number of ether oxygens (including phenoxy) is 1. The maximum atomic E-state index is 13.1. The third-order valence-electron chi connectivity index (χ3n) is 2.94. The van der Waals surface area contributed by atoms with Gasteiger partial charge in [-0.2, -0.15) is 23.0 Å². The summed E-state index contributed by atoms with van der Waals surface area (Å²) in [5.74, 6) is -0.378. The molecule has 1 aromatic carbocycles. The minimum absolute atomic E-state index is 0.144. The van der Waals surface area contributed by atoms with Gasteiger partial charge in [-0.15, -0.1) is 0 Å². The third-order valence-corrected chi connectivity index (χ3v) is 4.03. The number of hydrogen-bond acceptors (Lipinski definition) is 2. The molecule has 0 saturated carbocycles. The minimum atomic E-state index is -4.57. The van der Waals surface area contributed by atoms with Gasteiger partial charge in [0.1, 0.15) is 5.56 Å². The van der Waals surface area contributed by atoms with Crippen LogP contribution in [0.3, 0.4) is 0 Å². The highest BCUT2D eigenvalue weighted by molar-refractivity contribution is 9.09. The molecule has 3 nitrogen and oxygen atoms in total. The highest BCUT2D eigenvalue weighted by atomic mass is 79.9. The summed E-state index contributed by atoms with van der Waals surface area (Å²) in [7, 11) is 0. The molecule has 126 valence electrons. The Balaban J connectivity index is 2.40. The maximum absolute atomic E-state index is 13.1. The third kappa shape index (κ3) is 4.55. The van der Waals surface area contributed by atoms with Crippen molar-refractivity contribution in [3.8, 4) is 11.6 Å². The zero-order valence-corrected chi connectivity index (χ0v) is 14.8. The molecule has 0 N–H and O–H groups in total. The topological polar surface area (TPSA) is 27.1 Å². The second-order valence-electron chi connectivity index (χ2n) is 4.61. The molecule has 2 rings (SSSR count). The fourth-order valence-electron chi connectivity index (χ4n) is 1.86. The molecule has 1 heterocycles. The molecule has 0 unspecified atom stereocenters. The van der Waals surface area contributed by atoms with Gasteiger partial charge in [0, 0.05) is 10.4 Å². The molecule has 0 bridgehead atoms. The van der Waals surface area contributed by atoms with E-state index >= 15 is 0 Å². The van der Waals surface area contributed by atoms with Crippen LogP contribution < -0.4 is 4.74 Å². The van der Waals surface area contributed by atoms with Crippen molar-refractivity contribution < 1.29 is 17.9 Å². The van der Waals surface area contributed by atoms with Crippen molar-refractivity contribution in [2.24, 2.45) is 0 Å². The number of alkyl halides is 4. The first kappa shape index (κ1) is 18.4. The SMILES string of the molecule is FC(F)(F)c1cnn(-c2ccc(Cl)cc2Cl)c1OCCCCBr. The molecule has 23 heavy (non-hydrogen) atoms. The van der Waals surface area contributed by atoms with E-state index in [4.69, 9.17) is 27.9 Å². The molecule has 0 saturated heterocycles. The molecule has 0 spiro atoms. The number of halogens is 6. The Labute approximate surface area is 149 Å². The van der Waals surface area contributed by atoms with Crippen molar-refractivity contribution >= 4 is 39.1 Å². The van der Waals surface area contributed by atoms with Crippen molar-refractivity contribution in [2.45, 2.75) is 19.0 Å². The Morgan fingerprint density at radius 2 is 1.96 bits per heavy atom. The van der Waals surface area contributed by atoms with Gasteiger partial charge in [-0.3, -0.25) is 0 Å². The van der Waals surface area contributed by atoms with Crippen LogP contribution >= 0.6 is 39.1 Å². The standard InChI is InChI=1S/C14H12BrCl2F3N2O/c15-5-1-2-6-23-13-10(14(18,19)20)8-21-22(13)12-4-3-9(16)7-11(12)17/h3-4,7-8H,1-2,5-6H2. The minimum Gasteiger partial charge on any atom is -0.477 e. The highest BCUT2D eigenvalue weighted by Gasteiger charge is 2.38. The first-order valence-corrected chi connectivity index (χ1v) is 8.51. The van der Waals surface area contributed by atoms with Gasteiger partial charge in [-0.1, -0.05) is 39.1 Å². The zero-order valence-electron chi connectivity index (χ0n) is 11.7. The van der Waals surface area contributed by atoms with Gasteiger partial charge in [0.05, 0.1) is 23.5 Å². The van der Waals surface area contributed by atoms with E-state index in [1.807, 2.05) is 0 Å². The Morgan fingerprint density at radius 1 is 1.22 bits per heavy atom. The van der Waals surface area contributed by atoms with E-state index in [9.17, 15) is 13.2 Å². The lowest BCUT2D eigenvalue weighted by Gasteiger charge is -2.13. The van der Waals surface area contributed by atoms with Crippen LogP contribution in [-0.2, 0) is 6.18 Å². The molecule has 0 atom stereocenters. The lowest BCUT2D eigenvalue weighted by Crippen LogP contribution is -2.11. The summed E-state index contributed by atoms with van der Waals surface area (Å²) >= 11 is 15.1. The van der Waals surface area contributed by atoms with E-state index in [1.165, 1.54) is 18.2 Å². The van der Waals surface area contributed by atoms with E-state index < -0.39 is 11.7 Å². The van der Waals surface area contributed by atoms with Crippen molar-refractivity contribution in [3.63, 3.8) is 0 Å². The molecule has 2 aromatic rings. The molecule has 0 aliphatic heterocycles. The van der Waals surface area contributed by atoms with E-state index in [0.29, 0.717) is 11.4 Å². The van der Waals surface area contributed by atoms with Crippen LogP contribution in [0.4, 0.5) is 13.2 Å². The lowest BCUT2D eigenvalue weighted by molar-refractivity contribution is -0.139. The van der Waals surface area contributed by atoms with Crippen molar-refractivity contribution in [2.75, 3.05) is 11.9 Å². The number of rotatable bonds is 6. The fourth-order valence-corrected chi connectivity index (χ4v) is 2.75. The largest absolute Gasteiger partial charge is 0.477 e. The second kappa shape index (κ2) is 7.77. The van der Waals surface area contributed by atoms with E-state index in [-0.39, 0.29) is 23.2 Å². The van der Waals surface area contributed by atoms with Crippen LogP contribution in [0.2, 0.25) is 10.0 Å². The van der Waals surface area contributed by atoms with Gasteiger partial charge in [0.2, 0.25) is 5.88 Å². The predicted molar refractivity (Wildman–Crippen MR) is 87.1 cm³/mol. The van der Waals surface area contributed by atoms with Crippen molar-refractivity contribution in [3.05, 3.63) is 40.0 Å². The molecule has 0 amide bonds. The van der Waals surface area contributed by atoms with Crippen LogP contribution in [0.5, 0.6) is 5.88 Å². The number of nitrogens with zero attached hydrogens (tertiary/aromatic N) is 2. The lowest BCUT2D eigenvalue weighted by atomic mass is 10.3. The average molecular weight is 432 g/mol. The highest BCUT2D eigenvalue weighted by Crippen LogP contribution is 2.38. The molecule has 0 fully saturated rings. The zero-order chi connectivity index (χ0) is 17.0. The van der Waals surface area contributed by atoms with Gasteiger partial charge >= 0.3 is 6.18 Å². The molecule has 0 radical (unpaired) electrons. The summed E-state index contributed by atoms with van der Waals surface area (Å²) in [6, 6.07) is 4.44. The van der Waals surface area contributed by atoms with Gasteiger partial charge in [-0.05, 0) is 31.0 Å². The smallest absolute Gasteiger partial charge is 0.423 e. The number of aromatic nitrogens is 2. The van der Waals surface area contributed by atoms with Gasteiger partial charge in [0.15, 0.2) is 0 Å². The molecular weight excluding hydrogens is 420 g/mol. The summed E-state index contributed by atoms with van der Waals surface area (Å²) < 4.78 is 45.7. The van der Waals surface area contributed by atoms with E-state index in [0.717, 1.165) is 22.6 Å². The number of hydrogen-bond donors (Lipinski definition) is 0. The van der Waals surface area contributed by atoms with E-state index in [2.05, 4.69) is 21.0 Å². The summed E-state index contributed by atoms with van der Waals surface area (Å²) in [5.41, 5.74) is -0.676. The van der Waals surface area contributed by atoms with Gasteiger partial charge < -0.3 is 4.74 Å². The Kier molecular flexibility index (Phi) is 6.22. The predicted octanol–water partition coefficient (Wildman–Crippen LogP) is 5.75. The van der Waals surface area contributed by atoms with E-state index in [1.54, 1.807) is 0 Å². The molecular formula is C14H12BrCl2F3N2O.